The molecule has 22 heavy (non-hydrogen) atoms. The van der Waals surface area contributed by atoms with Gasteiger partial charge in [-0.15, -0.1) is 0 Å². The Hall–Kier alpha value is -2.37. The SMILES string of the molecule is CCN(Cc1noc(C2CC2)n1)C(=O)Nc1ccc(C)cc1. The number of carbonyl (C=O) groups excluding carboxylic acids is 1. The summed E-state index contributed by atoms with van der Waals surface area (Å²) in [6.07, 6.45) is 2.24. The second-order valence-corrected chi connectivity index (χ2v) is 5.63. The van der Waals surface area contributed by atoms with E-state index < -0.39 is 0 Å². The Morgan fingerprint density at radius 1 is 1.36 bits per heavy atom. The van der Waals surface area contributed by atoms with Gasteiger partial charge in [-0.2, -0.15) is 4.98 Å². The van der Waals surface area contributed by atoms with Gasteiger partial charge in [-0.1, -0.05) is 22.9 Å². The van der Waals surface area contributed by atoms with Crippen molar-refractivity contribution >= 4 is 11.7 Å². The minimum Gasteiger partial charge on any atom is -0.339 e. The number of urea groups is 1. The van der Waals surface area contributed by atoms with E-state index in [0.717, 1.165) is 24.1 Å². The third kappa shape index (κ3) is 3.44. The second-order valence-electron chi connectivity index (χ2n) is 5.63. The van der Waals surface area contributed by atoms with Crippen LogP contribution in [0.25, 0.3) is 0 Å². The largest absolute Gasteiger partial charge is 0.339 e. The number of aryl methyl sites for hydroxylation is 1. The number of aromatic nitrogens is 2. The fourth-order valence-corrected chi connectivity index (χ4v) is 2.17. The van der Waals surface area contributed by atoms with Crippen LogP contribution in [0.1, 0.15) is 43.0 Å². The molecule has 1 heterocycles. The zero-order valence-corrected chi connectivity index (χ0v) is 12.9. The van der Waals surface area contributed by atoms with Gasteiger partial charge in [0.05, 0.1) is 6.54 Å². The lowest BCUT2D eigenvalue weighted by molar-refractivity contribution is 0.210. The fourth-order valence-electron chi connectivity index (χ4n) is 2.17. The number of nitrogens with zero attached hydrogens (tertiary/aromatic N) is 3. The van der Waals surface area contributed by atoms with Gasteiger partial charge in [0, 0.05) is 18.2 Å². The number of carbonyl (C=O) groups is 1. The van der Waals surface area contributed by atoms with Gasteiger partial charge in [-0.25, -0.2) is 4.79 Å². The smallest absolute Gasteiger partial charge is 0.322 e. The molecular formula is C16H20N4O2. The summed E-state index contributed by atoms with van der Waals surface area (Å²) in [6.45, 7) is 4.86. The van der Waals surface area contributed by atoms with Crippen molar-refractivity contribution in [1.82, 2.24) is 15.0 Å². The molecule has 0 bridgehead atoms. The van der Waals surface area contributed by atoms with Crippen molar-refractivity contribution in [2.45, 2.75) is 39.2 Å². The maximum absolute atomic E-state index is 12.3. The van der Waals surface area contributed by atoms with Crippen LogP contribution in [0.5, 0.6) is 0 Å². The van der Waals surface area contributed by atoms with E-state index in [9.17, 15) is 4.79 Å². The third-order valence-electron chi connectivity index (χ3n) is 3.71. The molecule has 0 saturated heterocycles. The average molecular weight is 300 g/mol. The zero-order valence-electron chi connectivity index (χ0n) is 12.9. The maximum atomic E-state index is 12.3. The van der Waals surface area contributed by atoms with Crippen LogP contribution in [-0.4, -0.2) is 27.6 Å². The Morgan fingerprint density at radius 3 is 2.73 bits per heavy atom. The van der Waals surface area contributed by atoms with Gasteiger partial charge in [0.15, 0.2) is 5.82 Å². The average Bonchev–Trinajstić information content (AvgIpc) is 3.26. The predicted molar refractivity (Wildman–Crippen MR) is 82.6 cm³/mol. The molecule has 1 aromatic heterocycles. The molecule has 3 rings (SSSR count). The van der Waals surface area contributed by atoms with E-state index in [1.807, 2.05) is 38.1 Å². The third-order valence-corrected chi connectivity index (χ3v) is 3.71. The highest BCUT2D eigenvalue weighted by atomic mass is 16.5. The number of nitrogens with one attached hydrogen (secondary N) is 1. The molecule has 1 aromatic carbocycles. The summed E-state index contributed by atoms with van der Waals surface area (Å²) < 4.78 is 5.23. The first-order valence-corrected chi connectivity index (χ1v) is 7.60. The van der Waals surface area contributed by atoms with Crippen LogP contribution in [0, 0.1) is 6.92 Å². The summed E-state index contributed by atoms with van der Waals surface area (Å²) in [6, 6.07) is 7.55. The molecule has 1 saturated carbocycles. The molecule has 0 unspecified atom stereocenters. The standard InChI is InChI=1S/C16H20N4O2/c1-3-20(10-14-18-15(22-19-14)12-6-7-12)16(21)17-13-8-4-11(2)5-9-13/h4-5,8-9,12H,3,6-7,10H2,1-2H3,(H,17,21). The molecule has 1 aliphatic rings. The van der Waals surface area contributed by atoms with Crippen molar-refractivity contribution in [3.63, 3.8) is 0 Å². The molecule has 116 valence electrons. The second kappa shape index (κ2) is 6.17. The van der Waals surface area contributed by atoms with Gasteiger partial charge in [-0.3, -0.25) is 0 Å². The lowest BCUT2D eigenvalue weighted by Gasteiger charge is -2.19. The Morgan fingerprint density at radius 2 is 2.09 bits per heavy atom. The topological polar surface area (TPSA) is 71.3 Å². The summed E-state index contributed by atoms with van der Waals surface area (Å²) in [7, 11) is 0. The first-order chi connectivity index (χ1) is 10.7. The highest BCUT2D eigenvalue weighted by Gasteiger charge is 2.30. The number of amides is 2. The monoisotopic (exact) mass is 300 g/mol. The van der Waals surface area contributed by atoms with Crippen LogP contribution in [0.4, 0.5) is 10.5 Å². The predicted octanol–water partition coefficient (Wildman–Crippen LogP) is 3.31. The van der Waals surface area contributed by atoms with Crippen LogP contribution in [0.15, 0.2) is 28.8 Å². The number of hydrogen-bond acceptors (Lipinski definition) is 4. The van der Waals surface area contributed by atoms with Gasteiger partial charge in [0.1, 0.15) is 0 Å². The molecular weight excluding hydrogens is 280 g/mol. The minimum absolute atomic E-state index is 0.163. The van der Waals surface area contributed by atoms with Crippen molar-refractivity contribution in [1.29, 1.82) is 0 Å². The Labute approximate surface area is 129 Å². The lowest BCUT2D eigenvalue weighted by Crippen LogP contribution is -2.34. The van der Waals surface area contributed by atoms with Gasteiger partial charge in [-0.05, 0) is 38.8 Å². The molecule has 1 fully saturated rings. The first kappa shape index (κ1) is 14.6. The van der Waals surface area contributed by atoms with Crippen molar-refractivity contribution in [2.24, 2.45) is 0 Å². The molecule has 0 radical (unpaired) electrons. The van der Waals surface area contributed by atoms with Gasteiger partial charge in [0.2, 0.25) is 5.89 Å². The van der Waals surface area contributed by atoms with Crippen molar-refractivity contribution in [3.05, 3.63) is 41.5 Å². The molecule has 2 aromatic rings. The van der Waals surface area contributed by atoms with E-state index in [1.54, 1.807) is 4.90 Å². The van der Waals surface area contributed by atoms with E-state index in [4.69, 9.17) is 4.52 Å². The van der Waals surface area contributed by atoms with Gasteiger partial charge in [0.25, 0.3) is 0 Å². The summed E-state index contributed by atoms with van der Waals surface area (Å²) >= 11 is 0. The fraction of sp³-hybridized carbons (Fsp3) is 0.438. The molecule has 1 N–H and O–H groups in total. The van der Waals surface area contributed by atoms with Crippen LogP contribution in [-0.2, 0) is 6.54 Å². The molecule has 0 spiro atoms. The van der Waals surface area contributed by atoms with E-state index in [1.165, 1.54) is 0 Å². The zero-order chi connectivity index (χ0) is 15.5. The van der Waals surface area contributed by atoms with Crippen LogP contribution in [0.3, 0.4) is 0 Å². The minimum atomic E-state index is -0.163. The number of rotatable bonds is 5. The molecule has 0 atom stereocenters. The lowest BCUT2D eigenvalue weighted by atomic mass is 10.2. The van der Waals surface area contributed by atoms with E-state index >= 15 is 0 Å². The summed E-state index contributed by atoms with van der Waals surface area (Å²) in [5.74, 6) is 1.69. The molecule has 1 aliphatic carbocycles. The van der Waals surface area contributed by atoms with Crippen LogP contribution >= 0.6 is 0 Å². The molecule has 2 amide bonds. The van der Waals surface area contributed by atoms with Crippen molar-refractivity contribution < 1.29 is 9.32 Å². The van der Waals surface area contributed by atoms with Gasteiger partial charge >= 0.3 is 6.03 Å². The normalized spacial score (nSPS) is 13.9. The highest BCUT2D eigenvalue weighted by Crippen LogP contribution is 2.38. The van der Waals surface area contributed by atoms with E-state index in [2.05, 4.69) is 15.5 Å². The molecule has 0 aliphatic heterocycles. The molecule has 6 heteroatoms. The maximum Gasteiger partial charge on any atom is 0.322 e. The van der Waals surface area contributed by atoms with Gasteiger partial charge < -0.3 is 14.7 Å². The Bertz CT molecular complexity index is 646. The number of hydrogen-bond donors (Lipinski definition) is 1. The van der Waals surface area contributed by atoms with E-state index in [0.29, 0.717) is 30.7 Å². The van der Waals surface area contributed by atoms with Crippen molar-refractivity contribution in [2.75, 3.05) is 11.9 Å². The first-order valence-electron chi connectivity index (χ1n) is 7.60. The number of anilines is 1. The summed E-state index contributed by atoms with van der Waals surface area (Å²) in [4.78, 5) is 18.3. The van der Waals surface area contributed by atoms with Crippen LogP contribution < -0.4 is 5.32 Å². The highest BCUT2D eigenvalue weighted by molar-refractivity contribution is 5.89. The number of benzene rings is 1. The Balaban J connectivity index is 1.61. The van der Waals surface area contributed by atoms with Crippen LogP contribution in [0.2, 0.25) is 0 Å². The summed E-state index contributed by atoms with van der Waals surface area (Å²) in [5.41, 5.74) is 1.94. The molecule has 6 nitrogen and oxygen atoms in total. The van der Waals surface area contributed by atoms with E-state index in [-0.39, 0.29) is 6.03 Å². The Kier molecular flexibility index (Phi) is 4.09. The summed E-state index contributed by atoms with van der Waals surface area (Å²) in [5, 5.41) is 6.84. The van der Waals surface area contributed by atoms with Crippen molar-refractivity contribution in [3.8, 4) is 0 Å². The quantitative estimate of drug-likeness (QED) is 0.919.